The van der Waals surface area contributed by atoms with Crippen LogP contribution >= 0.6 is 0 Å². The Hall–Kier alpha value is -1.09. The summed E-state index contributed by atoms with van der Waals surface area (Å²) >= 11 is 0. The Kier molecular flexibility index (Phi) is 5.03. The zero-order valence-corrected chi connectivity index (χ0v) is 13.3. The number of hydrogen-bond acceptors (Lipinski definition) is 3. The Morgan fingerprint density at radius 3 is 2.55 bits per heavy atom. The lowest BCUT2D eigenvalue weighted by atomic mass is 9.71. The van der Waals surface area contributed by atoms with E-state index in [1.807, 2.05) is 6.20 Å². The second kappa shape index (κ2) is 6.57. The quantitative estimate of drug-likeness (QED) is 0.893. The van der Waals surface area contributed by atoms with Crippen molar-refractivity contribution >= 4 is 5.69 Å². The van der Waals surface area contributed by atoms with Gasteiger partial charge in [0.25, 0.3) is 0 Å². The van der Waals surface area contributed by atoms with Crippen LogP contribution in [0.1, 0.15) is 52.1 Å². The van der Waals surface area contributed by atoms with Gasteiger partial charge in [-0.25, -0.2) is 0 Å². The van der Waals surface area contributed by atoms with E-state index in [0.29, 0.717) is 18.1 Å². The standard InChI is InChI=1S/C17H28N2O/c1-17(2,3)13-5-7-14(8-6-13)19-15-9-10-18-16(11-15)12-20-4/h9-11,13-14H,5-8,12H2,1-4H3,(H,18,19). The highest BCUT2D eigenvalue weighted by molar-refractivity contribution is 5.44. The van der Waals surface area contributed by atoms with Gasteiger partial charge in [0, 0.05) is 25.0 Å². The molecular weight excluding hydrogens is 248 g/mol. The highest BCUT2D eigenvalue weighted by Crippen LogP contribution is 2.38. The SMILES string of the molecule is COCc1cc(NC2CCC(C(C)(C)C)CC2)ccn1. The van der Waals surface area contributed by atoms with Crippen LogP contribution in [0.15, 0.2) is 18.3 Å². The van der Waals surface area contributed by atoms with Gasteiger partial charge in [-0.1, -0.05) is 20.8 Å². The molecule has 1 saturated carbocycles. The van der Waals surface area contributed by atoms with Crippen molar-refractivity contribution in [3.63, 3.8) is 0 Å². The summed E-state index contributed by atoms with van der Waals surface area (Å²) in [5.74, 6) is 0.863. The molecule has 1 heterocycles. The first kappa shape index (κ1) is 15.3. The minimum absolute atomic E-state index is 0.452. The molecule has 1 aromatic rings. The third kappa shape index (κ3) is 4.20. The molecule has 1 N–H and O–H groups in total. The molecule has 0 amide bonds. The summed E-state index contributed by atoms with van der Waals surface area (Å²) in [6.07, 6.45) is 7.06. The summed E-state index contributed by atoms with van der Waals surface area (Å²) in [6.45, 7) is 7.67. The summed E-state index contributed by atoms with van der Waals surface area (Å²) in [5.41, 5.74) is 2.61. The first-order valence-corrected chi connectivity index (χ1v) is 7.69. The van der Waals surface area contributed by atoms with E-state index < -0.39 is 0 Å². The van der Waals surface area contributed by atoms with E-state index >= 15 is 0 Å². The normalized spacial score (nSPS) is 23.6. The van der Waals surface area contributed by atoms with Crippen LogP contribution in [0.2, 0.25) is 0 Å². The van der Waals surface area contributed by atoms with Crippen molar-refractivity contribution in [3.05, 3.63) is 24.0 Å². The second-order valence-corrected chi connectivity index (χ2v) is 7.03. The lowest BCUT2D eigenvalue weighted by Gasteiger charge is -2.37. The van der Waals surface area contributed by atoms with Gasteiger partial charge in [-0.2, -0.15) is 0 Å². The maximum atomic E-state index is 5.13. The topological polar surface area (TPSA) is 34.1 Å². The van der Waals surface area contributed by atoms with Gasteiger partial charge in [0.15, 0.2) is 0 Å². The van der Waals surface area contributed by atoms with E-state index in [1.165, 1.54) is 31.4 Å². The van der Waals surface area contributed by atoms with Crippen molar-refractivity contribution in [1.82, 2.24) is 4.98 Å². The Balaban J connectivity index is 1.88. The molecular formula is C17H28N2O. The van der Waals surface area contributed by atoms with Gasteiger partial charge in [-0.3, -0.25) is 4.98 Å². The van der Waals surface area contributed by atoms with Crippen LogP contribution in [0.4, 0.5) is 5.69 Å². The summed E-state index contributed by atoms with van der Waals surface area (Å²) < 4.78 is 5.13. The first-order valence-electron chi connectivity index (χ1n) is 7.69. The van der Waals surface area contributed by atoms with Gasteiger partial charge in [0.1, 0.15) is 0 Å². The van der Waals surface area contributed by atoms with Crippen LogP contribution in [0.5, 0.6) is 0 Å². The lowest BCUT2D eigenvalue weighted by Crippen LogP contribution is -2.31. The fourth-order valence-electron chi connectivity index (χ4n) is 3.13. The zero-order chi connectivity index (χ0) is 14.6. The predicted octanol–water partition coefficient (Wildman–Crippen LogP) is 4.24. The largest absolute Gasteiger partial charge is 0.382 e. The lowest BCUT2D eigenvalue weighted by molar-refractivity contribution is 0.173. The highest BCUT2D eigenvalue weighted by atomic mass is 16.5. The highest BCUT2D eigenvalue weighted by Gasteiger charge is 2.29. The van der Waals surface area contributed by atoms with Crippen LogP contribution < -0.4 is 5.32 Å². The number of nitrogens with zero attached hydrogens (tertiary/aromatic N) is 1. The van der Waals surface area contributed by atoms with E-state index in [-0.39, 0.29) is 0 Å². The molecule has 0 atom stereocenters. The molecule has 3 nitrogen and oxygen atoms in total. The van der Waals surface area contributed by atoms with Crippen LogP contribution in [0.25, 0.3) is 0 Å². The number of hydrogen-bond donors (Lipinski definition) is 1. The molecule has 1 aliphatic rings. The second-order valence-electron chi connectivity index (χ2n) is 7.03. The predicted molar refractivity (Wildman–Crippen MR) is 83.8 cm³/mol. The molecule has 0 aliphatic heterocycles. The number of nitrogens with one attached hydrogen (secondary N) is 1. The molecule has 0 radical (unpaired) electrons. The number of pyridine rings is 1. The van der Waals surface area contributed by atoms with E-state index in [1.54, 1.807) is 7.11 Å². The Labute approximate surface area is 123 Å². The van der Waals surface area contributed by atoms with E-state index in [9.17, 15) is 0 Å². The van der Waals surface area contributed by atoms with E-state index in [0.717, 1.165) is 11.6 Å². The maximum absolute atomic E-state index is 5.13. The third-order valence-corrected chi connectivity index (χ3v) is 4.43. The molecule has 0 bridgehead atoms. The Morgan fingerprint density at radius 1 is 1.25 bits per heavy atom. The third-order valence-electron chi connectivity index (χ3n) is 4.43. The maximum Gasteiger partial charge on any atom is 0.0884 e. The van der Waals surface area contributed by atoms with E-state index in [4.69, 9.17) is 4.74 Å². The number of ether oxygens (including phenoxy) is 1. The minimum atomic E-state index is 0.452. The average Bonchev–Trinajstić information content (AvgIpc) is 2.39. The van der Waals surface area contributed by atoms with Gasteiger partial charge in [-0.15, -0.1) is 0 Å². The minimum Gasteiger partial charge on any atom is -0.382 e. The average molecular weight is 276 g/mol. The fraction of sp³-hybridized carbons (Fsp3) is 0.706. The molecule has 0 aromatic carbocycles. The van der Waals surface area contributed by atoms with Gasteiger partial charge < -0.3 is 10.1 Å². The molecule has 3 heteroatoms. The van der Waals surface area contributed by atoms with Crippen LogP contribution in [-0.2, 0) is 11.3 Å². The van der Waals surface area contributed by atoms with Crippen LogP contribution in [0.3, 0.4) is 0 Å². The molecule has 0 unspecified atom stereocenters. The van der Waals surface area contributed by atoms with Crippen molar-refractivity contribution in [2.24, 2.45) is 11.3 Å². The number of methoxy groups -OCH3 is 1. The van der Waals surface area contributed by atoms with Gasteiger partial charge in [0.2, 0.25) is 0 Å². The molecule has 1 aliphatic carbocycles. The van der Waals surface area contributed by atoms with Gasteiger partial charge in [0.05, 0.1) is 12.3 Å². The van der Waals surface area contributed by atoms with Gasteiger partial charge in [-0.05, 0) is 49.1 Å². The van der Waals surface area contributed by atoms with E-state index in [2.05, 4.69) is 43.2 Å². The summed E-state index contributed by atoms with van der Waals surface area (Å²) in [7, 11) is 1.70. The Morgan fingerprint density at radius 2 is 1.95 bits per heavy atom. The molecule has 2 rings (SSSR count). The van der Waals surface area contributed by atoms with Crippen LogP contribution in [0, 0.1) is 11.3 Å². The number of rotatable bonds is 4. The molecule has 1 fully saturated rings. The molecule has 0 spiro atoms. The van der Waals surface area contributed by atoms with Crippen molar-refractivity contribution in [3.8, 4) is 0 Å². The summed E-state index contributed by atoms with van der Waals surface area (Å²) in [6, 6.07) is 4.75. The molecule has 1 aromatic heterocycles. The summed E-state index contributed by atoms with van der Waals surface area (Å²) in [4.78, 5) is 4.30. The number of aromatic nitrogens is 1. The van der Waals surface area contributed by atoms with Crippen molar-refractivity contribution < 1.29 is 4.74 Å². The van der Waals surface area contributed by atoms with Crippen LogP contribution in [-0.4, -0.2) is 18.1 Å². The monoisotopic (exact) mass is 276 g/mol. The van der Waals surface area contributed by atoms with Gasteiger partial charge >= 0.3 is 0 Å². The number of anilines is 1. The summed E-state index contributed by atoms with van der Waals surface area (Å²) in [5, 5.41) is 3.66. The zero-order valence-electron chi connectivity index (χ0n) is 13.3. The van der Waals surface area contributed by atoms with Crippen molar-refractivity contribution in [1.29, 1.82) is 0 Å². The Bertz CT molecular complexity index is 417. The molecule has 112 valence electrons. The molecule has 0 saturated heterocycles. The van der Waals surface area contributed by atoms with Crippen molar-refractivity contribution in [2.75, 3.05) is 12.4 Å². The smallest absolute Gasteiger partial charge is 0.0884 e. The molecule has 20 heavy (non-hydrogen) atoms. The van der Waals surface area contributed by atoms with Crippen molar-refractivity contribution in [2.45, 2.75) is 59.1 Å². The fourth-order valence-corrected chi connectivity index (χ4v) is 3.13. The first-order chi connectivity index (χ1) is 9.49.